The number of imidazole rings is 1. The number of ether oxygens (including phenoxy) is 2. The molecule has 0 aliphatic heterocycles. The van der Waals surface area contributed by atoms with Gasteiger partial charge in [0.25, 0.3) is 5.82 Å². The van der Waals surface area contributed by atoms with Crippen molar-refractivity contribution < 1.29 is 28.7 Å². The van der Waals surface area contributed by atoms with Crippen molar-refractivity contribution in [3.05, 3.63) is 27.3 Å². The SMILES string of the molecule is CC(=O)OCCn1c([N+](=O)[O-])cnc1/C=[N+](/[O-])CCOC(C)=O. The maximum absolute atomic E-state index is 11.7. The van der Waals surface area contributed by atoms with Crippen LogP contribution in [0.15, 0.2) is 6.20 Å². The first-order chi connectivity index (χ1) is 10.8. The van der Waals surface area contributed by atoms with E-state index in [4.69, 9.17) is 4.74 Å². The molecule has 0 amide bonds. The van der Waals surface area contributed by atoms with Crippen LogP contribution in [0.5, 0.6) is 0 Å². The minimum atomic E-state index is -0.661. The predicted molar refractivity (Wildman–Crippen MR) is 75.8 cm³/mol. The molecule has 0 saturated carbocycles. The third-order valence-electron chi connectivity index (χ3n) is 2.55. The number of nitro groups is 1. The lowest BCUT2D eigenvalue weighted by Gasteiger charge is -2.05. The molecule has 0 aliphatic rings. The molecule has 1 heterocycles. The van der Waals surface area contributed by atoms with Gasteiger partial charge in [-0.05, 0) is 4.92 Å². The predicted octanol–water partition coefficient (Wildman–Crippen LogP) is -0.153. The van der Waals surface area contributed by atoms with E-state index in [2.05, 4.69) is 9.72 Å². The minimum absolute atomic E-state index is 0.0283. The highest BCUT2D eigenvalue weighted by molar-refractivity contribution is 5.71. The van der Waals surface area contributed by atoms with Crippen LogP contribution in [0.3, 0.4) is 0 Å². The highest BCUT2D eigenvalue weighted by Gasteiger charge is 2.21. The molecule has 0 N–H and O–H groups in total. The van der Waals surface area contributed by atoms with Crippen molar-refractivity contribution in [2.75, 3.05) is 19.8 Å². The standard InChI is InChI=1S/C12H16N4O7/c1-9(17)22-5-3-14(19)8-11-13-7-12(16(20)21)15(11)4-6-23-10(2)18/h7-8H,3-6H2,1-2H3/b14-8+. The van der Waals surface area contributed by atoms with Gasteiger partial charge in [0.2, 0.25) is 6.21 Å². The summed E-state index contributed by atoms with van der Waals surface area (Å²) in [7, 11) is 0. The molecule has 23 heavy (non-hydrogen) atoms. The molecule has 1 rings (SSSR count). The first kappa shape index (κ1) is 18.1. The lowest BCUT2D eigenvalue weighted by atomic mass is 10.5. The van der Waals surface area contributed by atoms with Crippen molar-refractivity contribution >= 4 is 24.0 Å². The molecule has 11 heteroatoms. The van der Waals surface area contributed by atoms with Crippen molar-refractivity contribution in [3.63, 3.8) is 0 Å². The fraction of sp³-hybridized carbons (Fsp3) is 0.500. The number of carbonyl (C=O) groups is 2. The van der Waals surface area contributed by atoms with Crippen LogP contribution >= 0.6 is 0 Å². The number of carbonyl (C=O) groups excluding carboxylic acids is 2. The summed E-state index contributed by atoms with van der Waals surface area (Å²) in [6.45, 7) is 2.03. The van der Waals surface area contributed by atoms with E-state index in [1.165, 1.54) is 13.8 Å². The maximum atomic E-state index is 11.7. The van der Waals surface area contributed by atoms with E-state index in [0.717, 1.165) is 17.0 Å². The molecule has 0 saturated heterocycles. The number of rotatable bonds is 8. The van der Waals surface area contributed by atoms with Crippen LogP contribution in [-0.4, -0.2) is 57.1 Å². The second-order valence-electron chi connectivity index (χ2n) is 4.33. The third kappa shape index (κ3) is 6.11. The van der Waals surface area contributed by atoms with Crippen molar-refractivity contribution in [1.29, 1.82) is 0 Å². The summed E-state index contributed by atoms with van der Waals surface area (Å²) in [6.07, 6.45) is 2.03. The molecular formula is C12H16N4O7. The van der Waals surface area contributed by atoms with Crippen LogP contribution in [0.4, 0.5) is 5.82 Å². The maximum Gasteiger partial charge on any atom is 0.343 e. The Morgan fingerprint density at radius 2 is 1.87 bits per heavy atom. The first-order valence-electron chi connectivity index (χ1n) is 6.56. The van der Waals surface area contributed by atoms with Gasteiger partial charge in [-0.25, -0.2) is 9.72 Å². The van der Waals surface area contributed by atoms with Gasteiger partial charge in [0, 0.05) is 13.8 Å². The van der Waals surface area contributed by atoms with E-state index in [1.54, 1.807) is 0 Å². The van der Waals surface area contributed by atoms with E-state index in [-0.39, 0.29) is 37.9 Å². The Morgan fingerprint density at radius 3 is 2.43 bits per heavy atom. The van der Waals surface area contributed by atoms with E-state index >= 15 is 0 Å². The van der Waals surface area contributed by atoms with Crippen LogP contribution in [0.1, 0.15) is 19.7 Å². The second kappa shape index (κ2) is 8.46. The molecule has 1 aromatic heterocycles. The summed E-state index contributed by atoms with van der Waals surface area (Å²) in [5.41, 5.74) is 0. The summed E-state index contributed by atoms with van der Waals surface area (Å²) in [6, 6.07) is 0. The molecule has 0 fully saturated rings. The van der Waals surface area contributed by atoms with Gasteiger partial charge >= 0.3 is 17.8 Å². The number of hydrogen-bond donors (Lipinski definition) is 0. The lowest BCUT2D eigenvalue weighted by molar-refractivity contribution is -0.455. The number of nitrogens with zero attached hydrogens (tertiary/aromatic N) is 4. The Balaban J connectivity index is 2.85. The molecule has 0 spiro atoms. The number of hydrogen-bond acceptors (Lipinski definition) is 8. The zero-order valence-corrected chi connectivity index (χ0v) is 12.6. The second-order valence-corrected chi connectivity index (χ2v) is 4.33. The molecule has 0 bridgehead atoms. The monoisotopic (exact) mass is 328 g/mol. The fourth-order valence-corrected chi connectivity index (χ4v) is 1.61. The first-order valence-corrected chi connectivity index (χ1v) is 6.56. The molecule has 11 nitrogen and oxygen atoms in total. The summed E-state index contributed by atoms with van der Waals surface area (Å²) < 4.78 is 10.9. The Hall–Kier alpha value is -2.98. The smallest absolute Gasteiger partial charge is 0.343 e. The van der Waals surface area contributed by atoms with Crippen molar-refractivity contribution in [3.8, 4) is 0 Å². The number of aromatic nitrogens is 2. The Labute approximate surface area is 130 Å². The molecule has 0 radical (unpaired) electrons. The van der Waals surface area contributed by atoms with Crippen LogP contribution in [-0.2, 0) is 25.6 Å². The molecule has 0 atom stereocenters. The summed E-state index contributed by atoms with van der Waals surface area (Å²) in [4.78, 5) is 35.4. The van der Waals surface area contributed by atoms with Crippen molar-refractivity contribution in [2.45, 2.75) is 20.4 Å². The number of esters is 2. The summed E-state index contributed by atoms with van der Waals surface area (Å²) in [5, 5.41) is 22.6. The molecule has 1 aromatic rings. The molecule has 0 aromatic carbocycles. The average molecular weight is 328 g/mol. The Bertz CT molecular complexity index is 623. The normalized spacial score (nSPS) is 11.1. The van der Waals surface area contributed by atoms with Crippen LogP contribution < -0.4 is 0 Å². The third-order valence-corrected chi connectivity index (χ3v) is 2.55. The van der Waals surface area contributed by atoms with Gasteiger partial charge < -0.3 is 24.8 Å². The van der Waals surface area contributed by atoms with E-state index in [1.807, 2.05) is 0 Å². The van der Waals surface area contributed by atoms with Gasteiger partial charge in [0.1, 0.15) is 19.3 Å². The highest BCUT2D eigenvalue weighted by atomic mass is 16.6. The van der Waals surface area contributed by atoms with E-state index < -0.39 is 16.9 Å². The zero-order chi connectivity index (χ0) is 17.4. The fourth-order valence-electron chi connectivity index (χ4n) is 1.61. The van der Waals surface area contributed by atoms with E-state index in [9.17, 15) is 24.9 Å². The van der Waals surface area contributed by atoms with Gasteiger partial charge in [0.05, 0.1) is 0 Å². The Morgan fingerprint density at radius 1 is 1.26 bits per heavy atom. The average Bonchev–Trinajstić information content (AvgIpc) is 2.81. The van der Waals surface area contributed by atoms with E-state index in [0.29, 0.717) is 4.74 Å². The molecule has 0 aliphatic carbocycles. The van der Waals surface area contributed by atoms with Crippen LogP contribution in [0.2, 0.25) is 0 Å². The zero-order valence-electron chi connectivity index (χ0n) is 12.6. The quantitative estimate of drug-likeness (QED) is 0.160. The summed E-state index contributed by atoms with van der Waals surface area (Å²) in [5.74, 6) is -1.35. The molecular weight excluding hydrogens is 312 g/mol. The van der Waals surface area contributed by atoms with Gasteiger partial charge in [0.15, 0.2) is 13.2 Å². The van der Waals surface area contributed by atoms with Crippen LogP contribution in [0, 0.1) is 15.3 Å². The van der Waals surface area contributed by atoms with Gasteiger partial charge in [-0.15, -0.1) is 0 Å². The van der Waals surface area contributed by atoms with Gasteiger partial charge in [-0.3, -0.25) is 9.59 Å². The minimum Gasteiger partial charge on any atom is -0.624 e. The lowest BCUT2D eigenvalue weighted by Crippen LogP contribution is -2.18. The topological polar surface area (TPSA) is 140 Å². The van der Waals surface area contributed by atoms with Crippen molar-refractivity contribution in [2.24, 2.45) is 0 Å². The van der Waals surface area contributed by atoms with Gasteiger partial charge in [-0.2, -0.15) is 4.57 Å². The molecule has 0 unspecified atom stereocenters. The van der Waals surface area contributed by atoms with Gasteiger partial charge in [-0.1, -0.05) is 0 Å². The van der Waals surface area contributed by atoms with Crippen LogP contribution in [0.25, 0.3) is 0 Å². The Kier molecular flexibility index (Phi) is 6.65. The highest BCUT2D eigenvalue weighted by Crippen LogP contribution is 2.12. The van der Waals surface area contributed by atoms with Crippen molar-refractivity contribution in [1.82, 2.24) is 9.55 Å². The summed E-state index contributed by atoms with van der Waals surface area (Å²) >= 11 is 0. The molecule has 126 valence electrons. The largest absolute Gasteiger partial charge is 0.624 e. The number of hydroxylamine groups is 1.